The van der Waals surface area contributed by atoms with E-state index in [4.69, 9.17) is 17.3 Å². The van der Waals surface area contributed by atoms with Crippen LogP contribution in [0.2, 0.25) is 5.02 Å². The summed E-state index contributed by atoms with van der Waals surface area (Å²) in [5, 5.41) is 11.6. The summed E-state index contributed by atoms with van der Waals surface area (Å²) in [6.07, 6.45) is 4.31. The van der Waals surface area contributed by atoms with Gasteiger partial charge in [-0.2, -0.15) is 0 Å². The first-order chi connectivity index (χ1) is 8.02. The maximum absolute atomic E-state index is 10.9. The zero-order chi connectivity index (χ0) is 12.5. The Balaban J connectivity index is 2.37. The third-order valence-corrected chi connectivity index (χ3v) is 4.64. The van der Waals surface area contributed by atoms with Crippen molar-refractivity contribution < 1.29 is 5.11 Å². The predicted molar refractivity (Wildman–Crippen MR) is 71.0 cm³/mol. The Labute approximate surface area is 108 Å². The van der Waals surface area contributed by atoms with Crippen LogP contribution in [0.1, 0.15) is 38.2 Å². The molecule has 2 rings (SSSR count). The standard InChI is InChI=1S/C14H20ClNO/c1-13(17,11-4-6-12(15)7-5-11)14(10-16)8-2-3-9-14/h4-7,17H,2-3,8-10,16H2,1H3. The van der Waals surface area contributed by atoms with Gasteiger partial charge in [0.1, 0.15) is 0 Å². The smallest absolute Gasteiger partial charge is 0.0936 e. The number of benzene rings is 1. The Hall–Kier alpha value is -0.570. The summed E-state index contributed by atoms with van der Waals surface area (Å²) in [4.78, 5) is 0. The minimum absolute atomic E-state index is 0.180. The molecule has 3 N–H and O–H groups in total. The van der Waals surface area contributed by atoms with Gasteiger partial charge in [-0.15, -0.1) is 0 Å². The van der Waals surface area contributed by atoms with Crippen molar-refractivity contribution in [3.8, 4) is 0 Å². The van der Waals surface area contributed by atoms with E-state index in [-0.39, 0.29) is 5.41 Å². The highest BCUT2D eigenvalue weighted by atomic mass is 35.5. The molecule has 1 fully saturated rings. The van der Waals surface area contributed by atoms with Crippen molar-refractivity contribution in [3.63, 3.8) is 0 Å². The fourth-order valence-electron chi connectivity index (χ4n) is 3.02. The normalized spacial score (nSPS) is 22.4. The molecule has 17 heavy (non-hydrogen) atoms. The van der Waals surface area contributed by atoms with Crippen molar-refractivity contribution >= 4 is 11.6 Å². The molecule has 0 aliphatic heterocycles. The molecule has 1 aliphatic carbocycles. The van der Waals surface area contributed by atoms with E-state index in [0.29, 0.717) is 11.6 Å². The van der Waals surface area contributed by atoms with E-state index in [1.54, 1.807) is 0 Å². The van der Waals surface area contributed by atoms with E-state index < -0.39 is 5.60 Å². The second kappa shape index (κ2) is 4.60. The topological polar surface area (TPSA) is 46.2 Å². The van der Waals surface area contributed by atoms with Crippen LogP contribution in [0, 0.1) is 5.41 Å². The number of rotatable bonds is 3. The van der Waals surface area contributed by atoms with Crippen LogP contribution in [-0.2, 0) is 5.60 Å². The van der Waals surface area contributed by atoms with Gasteiger partial charge < -0.3 is 10.8 Å². The molecule has 0 saturated heterocycles. The molecule has 1 aromatic rings. The lowest BCUT2D eigenvalue weighted by atomic mass is 9.68. The molecule has 94 valence electrons. The quantitative estimate of drug-likeness (QED) is 0.870. The summed E-state index contributed by atoms with van der Waals surface area (Å²) in [6.45, 7) is 2.41. The van der Waals surface area contributed by atoms with E-state index in [1.165, 1.54) is 0 Å². The first-order valence-electron chi connectivity index (χ1n) is 6.20. The number of nitrogens with two attached hydrogens (primary N) is 1. The van der Waals surface area contributed by atoms with E-state index in [2.05, 4.69) is 0 Å². The molecule has 1 unspecified atom stereocenters. The monoisotopic (exact) mass is 253 g/mol. The highest BCUT2D eigenvalue weighted by Crippen LogP contribution is 2.50. The van der Waals surface area contributed by atoms with Crippen LogP contribution < -0.4 is 5.73 Å². The fraction of sp³-hybridized carbons (Fsp3) is 0.571. The lowest BCUT2D eigenvalue weighted by Gasteiger charge is -2.42. The molecule has 0 radical (unpaired) electrons. The third-order valence-electron chi connectivity index (χ3n) is 4.39. The summed E-state index contributed by atoms with van der Waals surface area (Å²) in [5.74, 6) is 0. The minimum Gasteiger partial charge on any atom is -0.385 e. The van der Waals surface area contributed by atoms with Gasteiger partial charge in [0.15, 0.2) is 0 Å². The number of hydrogen-bond donors (Lipinski definition) is 2. The fourth-order valence-corrected chi connectivity index (χ4v) is 3.15. The van der Waals surface area contributed by atoms with Gasteiger partial charge in [0.25, 0.3) is 0 Å². The Kier molecular flexibility index (Phi) is 3.48. The van der Waals surface area contributed by atoms with Crippen LogP contribution in [0.5, 0.6) is 0 Å². The van der Waals surface area contributed by atoms with Crippen LogP contribution in [0.3, 0.4) is 0 Å². The van der Waals surface area contributed by atoms with Crippen LogP contribution in [0.15, 0.2) is 24.3 Å². The molecule has 1 atom stereocenters. The molecule has 0 heterocycles. The summed E-state index contributed by atoms with van der Waals surface area (Å²) in [5.41, 5.74) is 5.80. The molecule has 3 heteroatoms. The van der Waals surface area contributed by atoms with Crippen LogP contribution in [-0.4, -0.2) is 11.7 Å². The van der Waals surface area contributed by atoms with Crippen molar-refractivity contribution in [2.75, 3.05) is 6.54 Å². The zero-order valence-electron chi connectivity index (χ0n) is 10.2. The van der Waals surface area contributed by atoms with Gasteiger partial charge >= 0.3 is 0 Å². The Morgan fingerprint density at radius 3 is 2.29 bits per heavy atom. The molecule has 1 saturated carbocycles. The average molecular weight is 254 g/mol. The second-order valence-electron chi connectivity index (χ2n) is 5.27. The summed E-state index contributed by atoms with van der Waals surface area (Å²) in [7, 11) is 0. The van der Waals surface area contributed by atoms with Crippen molar-refractivity contribution in [2.45, 2.75) is 38.2 Å². The molecule has 0 bridgehead atoms. The lowest BCUT2D eigenvalue weighted by Crippen LogP contribution is -2.46. The van der Waals surface area contributed by atoms with E-state index in [9.17, 15) is 5.11 Å². The summed E-state index contributed by atoms with van der Waals surface area (Å²) >= 11 is 5.88. The second-order valence-corrected chi connectivity index (χ2v) is 5.71. The molecule has 1 aromatic carbocycles. The Morgan fingerprint density at radius 1 is 1.29 bits per heavy atom. The maximum Gasteiger partial charge on any atom is 0.0936 e. The Bertz CT molecular complexity index is 380. The highest BCUT2D eigenvalue weighted by molar-refractivity contribution is 6.30. The molecule has 0 amide bonds. The number of hydrogen-bond acceptors (Lipinski definition) is 2. The highest BCUT2D eigenvalue weighted by Gasteiger charge is 2.48. The van der Waals surface area contributed by atoms with Gasteiger partial charge in [-0.25, -0.2) is 0 Å². The molecule has 0 aromatic heterocycles. The SMILES string of the molecule is CC(O)(c1ccc(Cl)cc1)C1(CN)CCCC1. The van der Waals surface area contributed by atoms with Gasteiger partial charge in [-0.3, -0.25) is 0 Å². The molecule has 1 aliphatic rings. The van der Waals surface area contributed by atoms with E-state index in [1.807, 2.05) is 31.2 Å². The van der Waals surface area contributed by atoms with Crippen molar-refractivity contribution in [1.82, 2.24) is 0 Å². The van der Waals surface area contributed by atoms with Crippen molar-refractivity contribution in [3.05, 3.63) is 34.9 Å². The maximum atomic E-state index is 10.9. The first kappa shape index (κ1) is 12.9. The van der Waals surface area contributed by atoms with Crippen LogP contribution in [0.4, 0.5) is 0 Å². The minimum atomic E-state index is -0.872. The molecular formula is C14H20ClNO. The van der Waals surface area contributed by atoms with Gasteiger partial charge in [0.05, 0.1) is 5.60 Å². The average Bonchev–Trinajstić information content (AvgIpc) is 2.79. The Morgan fingerprint density at radius 2 is 1.82 bits per heavy atom. The van der Waals surface area contributed by atoms with Crippen molar-refractivity contribution in [1.29, 1.82) is 0 Å². The van der Waals surface area contributed by atoms with Gasteiger partial charge in [0, 0.05) is 17.0 Å². The zero-order valence-corrected chi connectivity index (χ0v) is 11.0. The van der Waals surface area contributed by atoms with Crippen LogP contribution in [0.25, 0.3) is 0 Å². The first-order valence-corrected chi connectivity index (χ1v) is 6.58. The number of aliphatic hydroxyl groups is 1. The third kappa shape index (κ3) is 2.10. The van der Waals surface area contributed by atoms with Crippen LogP contribution >= 0.6 is 11.6 Å². The molecule has 2 nitrogen and oxygen atoms in total. The van der Waals surface area contributed by atoms with E-state index >= 15 is 0 Å². The summed E-state index contributed by atoms with van der Waals surface area (Å²) < 4.78 is 0. The largest absolute Gasteiger partial charge is 0.385 e. The lowest BCUT2D eigenvalue weighted by molar-refractivity contribution is -0.0693. The molecule has 0 spiro atoms. The summed E-state index contributed by atoms with van der Waals surface area (Å²) in [6, 6.07) is 7.45. The predicted octanol–water partition coefficient (Wildman–Crippen LogP) is 3.07. The molecular weight excluding hydrogens is 234 g/mol. The number of halogens is 1. The van der Waals surface area contributed by atoms with Gasteiger partial charge in [-0.1, -0.05) is 36.6 Å². The van der Waals surface area contributed by atoms with Crippen molar-refractivity contribution in [2.24, 2.45) is 11.1 Å². The van der Waals surface area contributed by atoms with Gasteiger partial charge in [0.2, 0.25) is 0 Å². The van der Waals surface area contributed by atoms with E-state index in [0.717, 1.165) is 31.2 Å². The van der Waals surface area contributed by atoms with Gasteiger partial charge in [-0.05, 0) is 37.5 Å².